The van der Waals surface area contributed by atoms with Gasteiger partial charge in [0.15, 0.2) is 0 Å². The van der Waals surface area contributed by atoms with Crippen LogP contribution in [-0.4, -0.2) is 0 Å². The summed E-state index contributed by atoms with van der Waals surface area (Å²) < 4.78 is 5.24. The van der Waals surface area contributed by atoms with E-state index in [0.29, 0.717) is 16.3 Å². The largest absolute Gasteiger partial charge is 0.444 e. The van der Waals surface area contributed by atoms with E-state index in [1.807, 2.05) is 18.2 Å². The maximum atomic E-state index is 9.01. The van der Waals surface area contributed by atoms with Crippen LogP contribution in [0.25, 0.3) is 11.1 Å². The van der Waals surface area contributed by atoms with Crippen molar-refractivity contribution in [3.05, 3.63) is 40.6 Å². The number of benzene rings is 1. The summed E-state index contributed by atoms with van der Waals surface area (Å²) in [5, 5.41) is 9.66. The van der Waals surface area contributed by atoms with Crippen LogP contribution in [0.4, 0.5) is 5.88 Å². The third-order valence-corrected chi connectivity index (χ3v) is 2.61. The number of nitrogens with zero attached hydrogens (tertiary/aromatic N) is 1. The van der Waals surface area contributed by atoms with Gasteiger partial charge in [-0.1, -0.05) is 23.7 Å². The summed E-state index contributed by atoms with van der Waals surface area (Å²) in [7, 11) is 0. The molecular weight excluding hydrogens is 224 g/mol. The van der Waals surface area contributed by atoms with E-state index in [1.165, 1.54) is 0 Å². The summed E-state index contributed by atoms with van der Waals surface area (Å²) in [4.78, 5) is 0. The minimum Gasteiger partial charge on any atom is -0.444 e. The van der Waals surface area contributed by atoms with Crippen LogP contribution < -0.4 is 5.73 Å². The number of nitriles is 1. The van der Waals surface area contributed by atoms with Gasteiger partial charge in [0.05, 0.1) is 0 Å². The number of halogens is 1. The molecule has 2 aromatic rings. The van der Waals surface area contributed by atoms with E-state index >= 15 is 0 Å². The third kappa shape index (κ3) is 1.64. The van der Waals surface area contributed by atoms with Crippen molar-refractivity contribution in [2.24, 2.45) is 0 Å². The lowest BCUT2D eigenvalue weighted by atomic mass is 10.0. The molecule has 0 fully saturated rings. The van der Waals surface area contributed by atoms with E-state index in [4.69, 9.17) is 27.0 Å². The highest BCUT2D eigenvalue weighted by Gasteiger charge is 2.16. The fourth-order valence-electron chi connectivity index (χ4n) is 1.64. The highest BCUT2D eigenvalue weighted by Crippen LogP contribution is 2.33. The molecule has 1 heterocycles. The predicted octanol–water partition coefficient (Wildman–Crippen LogP) is 3.36. The normalized spacial score (nSPS) is 10.1. The number of nitrogens with two attached hydrogens (primary N) is 1. The molecule has 80 valence electrons. The van der Waals surface area contributed by atoms with Gasteiger partial charge in [0.1, 0.15) is 17.4 Å². The van der Waals surface area contributed by atoms with Gasteiger partial charge in [-0.05, 0) is 24.6 Å². The van der Waals surface area contributed by atoms with Crippen molar-refractivity contribution < 1.29 is 4.42 Å². The Bertz CT molecular complexity index is 564. The van der Waals surface area contributed by atoms with Crippen LogP contribution >= 0.6 is 11.6 Å². The van der Waals surface area contributed by atoms with Gasteiger partial charge in [-0.25, -0.2) is 0 Å². The summed E-state index contributed by atoms with van der Waals surface area (Å²) in [5.41, 5.74) is 7.59. The summed E-state index contributed by atoms with van der Waals surface area (Å²) in [6, 6.07) is 9.24. The average Bonchev–Trinajstić information content (AvgIpc) is 2.54. The first-order valence-electron chi connectivity index (χ1n) is 4.68. The second-order valence-corrected chi connectivity index (χ2v) is 3.83. The first-order chi connectivity index (χ1) is 7.63. The van der Waals surface area contributed by atoms with Crippen molar-refractivity contribution in [3.63, 3.8) is 0 Å². The van der Waals surface area contributed by atoms with Gasteiger partial charge < -0.3 is 10.2 Å². The monoisotopic (exact) mass is 232 g/mol. The van der Waals surface area contributed by atoms with Gasteiger partial charge in [0, 0.05) is 10.6 Å². The second kappa shape index (κ2) is 3.92. The van der Waals surface area contributed by atoms with Crippen molar-refractivity contribution >= 4 is 17.5 Å². The average molecular weight is 233 g/mol. The molecule has 0 radical (unpaired) electrons. The lowest BCUT2D eigenvalue weighted by Gasteiger charge is -1.99. The van der Waals surface area contributed by atoms with Gasteiger partial charge >= 0.3 is 0 Å². The van der Waals surface area contributed by atoms with E-state index in [-0.39, 0.29) is 5.88 Å². The number of nitrogen functional groups attached to an aromatic ring is 1. The van der Waals surface area contributed by atoms with Crippen LogP contribution in [-0.2, 0) is 0 Å². The lowest BCUT2D eigenvalue weighted by Crippen LogP contribution is -1.86. The zero-order valence-electron chi connectivity index (χ0n) is 8.62. The zero-order chi connectivity index (χ0) is 11.7. The summed E-state index contributed by atoms with van der Waals surface area (Å²) in [6.07, 6.45) is 0. The van der Waals surface area contributed by atoms with E-state index < -0.39 is 0 Å². The van der Waals surface area contributed by atoms with E-state index in [2.05, 4.69) is 0 Å². The van der Waals surface area contributed by atoms with Crippen LogP contribution in [0.3, 0.4) is 0 Å². The van der Waals surface area contributed by atoms with Crippen molar-refractivity contribution in [3.8, 4) is 17.2 Å². The third-order valence-electron chi connectivity index (χ3n) is 2.36. The number of anilines is 1. The number of hydrogen-bond donors (Lipinski definition) is 1. The number of hydrogen-bond acceptors (Lipinski definition) is 3. The van der Waals surface area contributed by atoms with Crippen LogP contribution in [0.15, 0.2) is 28.7 Å². The zero-order valence-corrected chi connectivity index (χ0v) is 9.38. The molecule has 16 heavy (non-hydrogen) atoms. The van der Waals surface area contributed by atoms with Crippen molar-refractivity contribution in [2.45, 2.75) is 6.92 Å². The second-order valence-electron chi connectivity index (χ2n) is 3.39. The first-order valence-corrected chi connectivity index (χ1v) is 5.06. The molecular formula is C12H9ClN2O. The Hall–Kier alpha value is -1.92. The summed E-state index contributed by atoms with van der Waals surface area (Å²) in [6.45, 7) is 1.78. The topological polar surface area (TPSA) is 62.9 Å². The smallest absolute Gasteiger partial charge is 0.209 e. The fourth-order valence-corrected chi connectivity index (χ4v) is 1.77. The molecule has 0 amide bonds. The van der Waals surface area contributed by atoms with Crippen molar-refractivity contribution in [2.75, 3.05) is 5.73 Å². The van der Waals surface area contributed by atoms with Crippen LogP contribution in [0, 0.1) is 18.3 Å². The van der Waals surface area contributed by atoms with Gasteiger partial charge in [-0.3, -0.25) is 0 Å². The molecule has 0 aliphatic rings. The maximum Gasteiger partial charge on any atom is 0.209 e. The summed E-state index contributed by atoms with van der Waals surface area (Å²) in [5.74, 6) is 0.793. The van der Waals surface area contributed by atoms with Crippen LogP contribution in [0.1, 0.15) is 11.3 Å². The SMILES string of the molecule is Cc1oc(N)c(C#N)c1-c1ccc(Cl)cc1. The molecule has 0 aliphatic carbocycles. The molecule has 0 aliphatic heterocycles. The standard InChI is InChI=1S/C12H9ClN2O/c1-7-11(10(6-14)12(15)16-7)8-2-4-9(13)5-3-8/h2-5H,15H2,1H3. The van der Waals surface area contributed by atoms with Crippen LogP contribution in [0.5, 0.6) is 0 Å². The molecule has 1 aromatic carbocycles. The Morgan fingerprint density at radius 2 is 1.94 bits per heavy atom. The molecule has 1 aromatic heterocycles. The van der Waals surface area contributed by atoms with Gasteiger partial charge in [0.2, 0.25) is 5.88 Å². The highest BCUT2D eigenvalue weighted by molar-refractivity contribution is 6.30. The first kappa shape index (κ1) is 10.6. The van der Waals surface area contributed by atoms with E-state index in [0.717, 1.165) is 11.1 Å². The Kier molecular flexibility index (Phi) is 2.59. The Morgan fingerprint density at radius 3 is 2.50 bits per heavy atom. The fraction of sp³-hybridized carbons (Fsp3) is 0.0833. The molecule has 0 spiro atoms. The van der Waals surface area contributed by atoms with E-state index in [9.17, 15) is 0 Å². The molecule has 0 saturated heterocycles. The van der Waals surface area contributed by atoms with Gasteiger partial charge in [-0.2, -0.15) is 5.26 Å². The summed E-state index contributed by atoms with van der Waals surface area (Å²) >= 11 is 5.80. The number of aryl methyl sites for hydroxylation is 1. The lowest BCUT2D eigenvalue weighted by molar-refractivity contribution is 0.554. The molecule has 0 atom stereocenters. The molecule has 0 bridgehead atoms. The highest BCUT2D eigenvalue weighted by atomic mass is 35.5. The predicted molar refractivity (Wildman–Crippen MR) is 63.0 cm³/mol. The van der Waals surface area contributed by atoms with Gasteiger partial charge in [-0.15, -0.1) is 0 Å². The van der Waals surface area contributed by atoms with Gasteiger partial charge in [0.25, 0.3) is 0 Å². The molecule has 0 saturated carbocycles. The minimum absolute atomic E-state index is 0.157. The maximum absolute atomic E-state index is 9.01. The number of furan rings is 1. The molecule has 3 nitrogen and oxygen atoms in total. The quantitative estimate of drug-likeness (QED) is 0.820. The Morgan fingerprint density at radius 1 is 1.31 bits per heavy atom. The molecule has 2 rings (SSSR count). The molecule has 4 heteroatoms. The molecule has 0 unspecified atom stereocenters. The molecule has 2 N–H and O–H groups in total. The Balaban J connectivity index is 2.64. The van der Waals surface area contributed by atoms with Crippen molar-refractivity contribution in [1.29, 1.82) is 5.26 Å². The van der Waals surface area contributed by atoms with Crippen molar-refractivity contribution in [1.82, 2.24) is 0 Å². The Labute approximate surface area is 98.0 Å². The van der Waals surface area contributed by atoms with E-state index in [1.54, 1.807) is 19.1 Å². The number of rotatable bonds is 1. The minimum atomic E-state index is 0.157. The van der Waals surface area contributed by atoms with Crippen LogP contribution in [0.2, 0.25) is 5.02 Å².